The van der Waals surface area contributed by atoms with Gasteiger partial charge in [-0.25, -0.2) is 0 Å². The van der Waals surface area contributed by atoms with Crippen LogP contribution in [0.3, 0.4) is 0 Å². The summed E-state index contributed by atoms with van der Waals surface area (Å²) in [4.78, 5) is 2.44. The highest BCUT2D eigenvalue weighted by Crippen LogP contribution is 2.31. The van der Waals surface area contributed by atoms with Crippen molar-refractivity contribution in [2.75, 3.05) is 13.1 Å². The summed E-state index contributed by atoms with van der Waals surface area (Å²) in [5.41, 5.74) is 11.8. The van der Waals surface area contributed by atoms with Crippen LogP contribution in [0, 0.1) is 20.8 Å². The predicted octanol–water partition coefficient (Wildman–Crippen LogP) is 3.73. The third-order valence-electron chi connectivity index (χ3n) is 4.56. The first-order valence-electron chi connectivity index (χ1n) is 7.34. The maximum absolute atomic E-state index is 6.60. The molecule has 1 unspecified atom stereocenters. The highest BCUT2D eigenvalue weighted by atomic mass is 15.2. The molecule has 0 saturated heterocycles. The van der Waals surface area contributed by atoms with Crippen LogP contribution in [0.5, 0.6) is 0 Å². The van der Waals surface area contributed by atoms with Crippen LogP contribution in [0.1, 0.15) is 56.0 Å². The van der Waals surface area contributed by atoms with Crippen LogP contribution in [0.4, 0.5) is 0 Å². The van der Waals surface area contributed by atoms with Crippen LogP contribution < -0.4 is 5.73 Å². The molecule has 0 spiro atoms. The molecule has 0 amide bonds. The lowest BCUT2D eigenvalue weighted by Crippen LogP contribution is -2.51. The Labute approximate surface area is 119 Å². The lowest BCUT2D eigenvalue weighted by Gasteiger charge is -2.42. The third-order valence-corrected chi connectivity index (χ3v) is 4.56. The van der Waals surface area contributed by atoms with E-state index < -0.39 is 0 Å². The van der Waals surface area contributed by atoms with E-state index in [2.05, 4.69) is 65.5 Å². The molecule has 0 aliphatic rings. The summed E-state index contributed by atoms with van der Waals surface area (Å²) in [5.74, 6) is 0. The van der Waals surface area contributed by atoms with Crippen LogP contribution in [-0.4, -0.2) is 23.5 Å². The van der Waals surface area contributed by atoms with E-state index in [-0.39, 0.29) is 11.6 Å². The maximum Gasteiger partial charge on any atom is 0.0479 e. The quantitative estimate of drug-likeness (QED) is 0.876. The molecule has 1 rings (SSSR count). The molecule has 0 aliphatic carbocycles. The number of hydrogen-bond acceptors (Lipinski definition) is 2. The fourth-order valence-corrected chi connectivity index (χ4v) is 2.93. The molecule has 2 nitrogen and oxygen atoms in total. The van der Waals surface area contributed by atoms with E-state index in [9.17, 15) is 0 Å². The standard InChI is InChI=1S/C17H30N2/c1-8-19(9-2)17(6,7)16(18)15-11-13(4)12(3)10-14(15)5/h10-11,16H,8-9,18H2,1-7H3. The van der Waals surface area contributed by atoms with Gasteiger partial charge in [0.15, 0.2) is 0 Å². The van der Waals surface area contributed by atoms with E-state index in [0.29, 0.717) is 0 Å². The molecule has 0 aromatic heterocycles. The van der Waals surface area contributed by atoms with Gasteiger partial charge < -0.3 is 5.73 Å². The van der Waals surface area contributed by atoms with Crippen LogP contribution in [0.25, 0.3) is 0 Å². The van der Waals surface area contributed by atoms with Gasteiger partial charge >= 0.3 is 0 Å². The second-order valence-electron chi connectivity index (χ2n) is 6.10. The fourth-order valence-electron chi connectivity index (χ4n) is 2.93. The van der Waals surface area contributed by atoms with Crippen LogP contribution in [-0.2, 0) is 0 Å². The smallest absolute Gasteiger partial charge is 0.0479 e. The Kier molecular flexibility index (Phi) is 5.17. The van der Waals surface area contributed by atoms with Crippen molar-refractivity contribution in [3.8, 4) is 0 Å². The van der Waals surface area contributed by atoms with Crippen LogP contribution in [0.2, 0.25) is 0 Å². The summed E-state index contributed by atoms with van der Waals surface area (Å²) in [6, 6.07) is 4.55. The van der Waals surface area contributed by atoms with Crippen molar-refractivity contribution in [1.29, 1.82) is 0 Å². The average molecular weight is 262 g/mol. The SMILES string of the molecule is CCN(CC)C(C)(C)C(N)c1cc(C)c(C)cc1C. The molecule has 0 heterocycles. The lowest BCUT2D eigenvalue weighted by atomic mass is 9.84. The van der Waals surface area contributed by atoms with E-state index >= 15 is 0 Å². The second kappa shape index (κ2) is 6.06. The van der Waals surface area contributed by atoms with Gasteiger partial charge in [0.05, 0.1) is 0 Å². The molecule has 2 heteroatoms. The Balaban J connectivity index is 3.19. The van der Waals surface area contributed by atoms with Gasteiger partial charge in [-0.15, -0.1) is 0 Å². The van der Waals surface area contributed by atoms with E-state index in [0.717, 1.165) is 13.1 Å². The van der Waals surface area contributed by atoms with E-state index in [4.69, 9.17) is 5.73 Å². The van der Waals surface area contributed by atoms with Crippen molar-refractivity contribution < 1.29 is 0 Å². The first kappa shape index (κ1) is 16.2. The predicted molar refractivity (Wildman–Crippen MR) is 84.6 cm³/mol. The van der Waals surface area contributed by atoms with E-state index in [1.54, 1.807) is 0 Å². The number of aryl methyl sites for hydroxylation is 3. The fraction of sp³-hybridized carbons (Fsp3) is 0.647. The molecule has 0 bridgehead atoms. The highest BCUT2D eigenvalue weighted by Gasteiger charge is 2.33. The Morgan fingerprint density at radius 3 is 1.95 bits per heavy atom. The topological polar surface area (TPSA) is 29.3 Å². The normalized spacial score (nSPS) is 13.9. The van der Waals surface area contributed by atoms with Gasteiger partial charge in [-0.1, -0.05) is 26.0 Å². The zero-order chi connectivity index (χ0) is 14.8. The Morgan fingerprint density at radius 2 is 1.47 bits per heavy atom. The molecule has 0 fully saturated rings. The molecular weight excluding hydrogens is 232 g/mol. The summed E-state index contributed by atoms with van der Waals surface area (Å²) < 4.78 is 0. The number of rotatable bonds is 5. The first-order chi connectivity index (χ1) is 8.75. The van der Waals surface area contributed by atoms with Crippen molar-refractivity contribution in [1.82, 2.24) is 4.90 Å². The molecule has 2 N–H and O–H groups in total. The number of benzene rings is 1. The van der Waals surface area contributed by atoms with Crippen molar-refractivity contribution in [2.45, 2.75) is 60.0 Å². The van der Waals surface area contributed by atoms with Gasteiger partial charge in [-0.2, -0.15) is 0 Å². The molecule has 0 saturated carbocycles. The van der Waals surface area contributed by atoms with E-state index in [1.165, 1.54) is 22.3 Å². The molecule has 1 atom stereocenters. The van der Waals surface area contributed by atoms with Crippen LogP contribution >= 0.6 is 0 Å². The second-order valence-corrected chi connectivity index (χ2v) is 6.10. The summed E-state index contributed by atoms with van der Waals surface area (Å²) >= 11 is 0. The van der Waals surface area contributed by atoms with Gasteiger partial charge in [0.25, 0.3) is 0 Å². The Morgan fingerprint density at radius 1 is 1.00 bits per heavy atom. The van der Waals surface area contributed by atoms with Gasteiger partial charge in [-0.3, -0.25) is 4.90 Å². The van der Waals surface area contributed by atoms with Crippen molar-refractivity contribution in [2.24, 2.45) is 5.73 Å². The highest BCUT2D eigenvalue weighted by molar-refractivity contribution is 5.39. The monoisotopic (exact) mass is 262 g/mol. The van der Waals surface area contributed by atoms with E-state index in [1.807, 2.05) is 0 Å². The molecular formula is C17H30N2. The van der Waals surface area contributed by atoms with Gasteiger partial charge in [0.2, 0.25) is 0 Å². The minimum Gasteiger partial charge on any atom is -0.322 e. The molecule has 0 aliphatic heterocycles. The zero-order valence-corrected chi connectivity index (χ0v) is 13.7. The Hall–Kier alpha value is -0.860. The average Bonchev–Trinajstić information content (AvgIpc) is 2.34. The summed E-state index contributed by atoms with van der Waals surface area (Å²) in [6.07, 6.45) is 0. The molecule has 1 aromatic rings. The molecule has 108 valence electrons. The minimum atomic E-state index is -0.0318. The van der Waals surface area contributed by atoms with Crippen molar-refractivity contribution in [3.63, 3.8) is 0 Å². The molecule has 19 heavy (non-hydrogen) atoms. The van der Waals surface area contributed by atoms with Crippen molar-refractivity contribution >= 4 is 0 Å². The van der Waals surface area contributed by atoms with Gasteiger partial charge in [0.1, 0.15) is 0 Å². The minimum absolute atomic E-state index is 0.0318. The number of nitrogens with two attached hydrogens (primary N) is 1. The van der Waals surface area contributed by atoms with Gasteiger partial charge in [-0.05, 0) is 70.0 Å². The molecule has 0 radical (unpaired) electrons. The number of nitrogens with zero attached hydrogens (tertiary/aromatic N) is 1. The summed E-state index contributed by atoms with van der Waals surface area (Å²) in [6.45, 7) is 17.4. The number of hydrogen-bond donors (Lipinski definition) is 1. The van der Waals surface area contributed by atoms with Crippen LogP contribution in [0.15, 0.2) is 12.1 Å². The maximum atomic E-state index is 6.60. The lowest BCUT2D eigenvalue weighted by molar-refractivity contribution is 0.106. The Bertz CT molecular complexity index is 431. The van der Waals surface area contributed by atoms with Crippen molar-refractivity contribution in [3.05, 3.63) is 34.4 Å². The third kappa shape index (κ3) is 3.18. The molecule has 1 aromatic carbocycles. The summed E-state index contributed by atoms with van der Waals surface area (Å²) in [5, 5.41) is 0. The zero-order valence-electron chi connectivity index (χ0n) is 13.7. The largest absolute Gasteiger partial charge is 0.322 e. The number of likely N-dealkylation sites (N-methyl/N-ethyl adjacent to an activating group) is 1. The first-order valence-corrected chi connectivity index (χ1v) is 7.34. The summed E-state index contributed by atoms with van der Waals surface area (Å²) in [7, 11) is 0. The van der Waals surface area contributed by atoms with Gasteiger partial charge in [0, 0.05) is 11.6 Å².